The second kappa shape index (κ2) is 6.32. The van der Waals surface area contributed by atoms with Crippen LogP contribution in [-0.2, 0) is 20.7 Å². The Morgan fingerprint density at radius 2 is 1.68 bits per heavy atom. The monoisotopic (exact) mass is 340 g/mol. The Kier molecular flexibility index (Phi) is 4.19. The highest BCUT2D eigenvalue weighted by Gasteiger charge is 2.24. The van der Waals surface area contributed by atoms with E-state index in [1.807, 2.05) is 12.1 Å². The summed E-state index contributed by atoms with van der Waals surface area (Å²) in [5, 5.41) is 23.2. The fourth-order valence-corrected chi connectivity index (χ4v) is 2.95. The van der Waals surface area contributed by atoms with Crippen LogP contribution < -0.4 is 0 Å². The van der Waals surface area contributed by atoms with E-state index in [9.17, 15) is 19.8 Å². The van der Waals surface area contributed by atoms with Gasteiger partial charge in [-0.3, -0.25) is 4.79 Å². The van der Waals surface area contributed by atoms with E-state index in [4.69, 9.17) is 4.74 Å². The molecule has 25 heavy (non-hydrogen) atoms. The average molecular weight is 340 g/mol. The van der Waals surface area contributed by atoms with Crippen molar-refractivity contribution in [3.8, 4) is 11.5 Å². The number of phenolic OH excluding ortho intramolecular Hbond substituents is 2. The number of esters is 2. The predicted octanol–water partition coefficient (Wildman–Crippen LogP) is 2.91. The van der Waals surface area contributed by atoms with Gasteiger partial charge in [-0.15, -0.1) is 0 Å². The standard InChI is InChI=1S/C19H16O6/c1-24-14(20)9-12-8-11-7-10-5-3-4-6-13(10)17(21)15(11)18(22)16(12)19(23)25-2/h3-8,21-22H,9H2,1-2H3. The van der Waals surface area contributed by atoms with Crippen molar-refractivity contribution in [2.75, 3.05) is 14.2 Å². The summed E-state index contributed by atoms with van der Waals surface area (Å²) in [6.07, 6.45) is -0.210. The van der Waals surface area contributed by atoms with Gasteiger partial charge in [-0.25, -0.2) is 4.79 Å². The normalized spacial score (nSPS) is 10.8. The Bertz CT molecular complexity index is 1010. The van der Waals surface area contributed by atoms with Gasteiger partial charge < -0.3 is 19.7 Å². The zero-order chi connectivity index (χ0) is 18.1. The number of carbonyl (C=O) groups excluding carboxylic acids is 2. The summed E-state index contributed by atoms with van der Waals surface area (Å²) >= 11 is 0. The minimum atomic E-state index is -0.800. The van der Waals surface area contributed by atoms with Crippen LogP contribution in [-0.4, -0.2) is 36.4 Å². The molecule has 2 N–H and O–H groups in total. The van der Waals surface area contributed by atoms with Gasteiger partial charge in [0.05, 0.1) is 26.0 Å². The average Bonchev–Trinajstić information content (AvgIpc) is 2.61. The van der Waals surface area contributed by atoms with Crippen molar-refractivity contribution in [3.63, 3.8) is 0 Å². The molecule has 3 aromatic rings. The van der Waals surface area contributed by atoms with E-state index in [1.165, 1.54) is 14.2 Å². The Labute approximate surface area is 143 Å². The van der Waals surface area contributed by atoms with Gasteiger partial charge in [0.15, 0.2) is 0 Å². The van der Waals surface area contributed by atoms with E-state index in [1.54, 1.807) is 24.3 Å². The van der Waals surface area contributed by atoms with Gasteiger partial charge in [0.1, 0.15) is 17.1 Å². The Balaban J connectivity index is 2.40. The van der Waals surface area contributed by atoms with Crippen LogP contribution in [0.5, 0.6) is 11.5 Å². The number of methoxy groups -OCH3 is 2. The van der Waals surface area contributed by atoms with Crippen LogP contribution in [0, 0.1) is 0 Å². The van der Waals surface area contributed by atoms with Crippen LogP contribution >= 0.6 is 0 Å². The first-order chi connectivity index (χ1) is 12.0. The Morgan fingerprint density at radius 1 is 0.960 bits per heavy atom. The molecule has 0 atom stereocenters. The van der Waals surface area contributed by atoms with E-state index in [2.05, 4.69) is 4.74 Å². The maximum absolute atomic E-state index is 12.1. The fraction of sp³-hybridized carbons (Fsp3) is 0.158. The third kappa shape index (κ3) is 2.71. The molecule has 3 aromatic carbocycles. The van der Waals surface area contributed by atoms with Crippen molar-refractivity contribution in [1.29, 1.82) is 0 Å². The smallest absolute Gasteiger partial charge is 0.341 e. The van der Waals surface area contributed by atoms with Crippen molar-refractivity contribution in [2.45, 2.75) is 6.42 Å². The van der Waals surface area contributed by atoms with Gasteiger partial charge in [0.2, 0.25) is 0 Å². The van der Waals surface area contributed by atoms with Gasteiger partial charge >= 0.3 is 11.9 Å². The number of hydrogen-bond acceptors (Lipinski definition) is 6. The lowest BCUT2D eigenvalue weighted by Gasteiger charge is -2.14. The highest BCUT2D eigenvalue weighted by Crippen LogP contribution is 2.42. The number of aromatic hydroxyl groups is 2. The molecular weight excluding hydrogens is 324 g/mol. The van der Waals surface area contributed by atoms with Crippen LogP contribution in [0.1, 0.15) is 15.9 Å². The fourth-order valence-electron chi connectivity index (χ4n) is 2.95. The predicted molar refractivity (Wildman–Crippen MR) is 91.8 cm³/mol. The maximum atomic E-state index is 12.1. The van der Waals surface area contributed by atoms with Gasteiger partial charge in [0, 0.05) is 5.39 Å². The second-order valence-electron chi connectivity index (χ2n) is 5.55. The molecule has 0 aliphatic heterocycles. The Morgan fingerprint density at radius 3 is 2.36 bits per heavy atom. The third-order valence-electron chi connectivity index (χ3n) is 4.13. The van der Waals surface area contributed by atoms with Crippen molar-refractivity contribution < 1.29 is 29.3 Å². The number of benzene rings is 3. The zero-order valence-electron chi connectivity index (χ0n) is 13.7. The van der Waals surface area contributed by atoms with E-state index in [0.29, 0.717) is 10.8 Å². The van der Waals surface area contributed by atoms with Gasteiger partial charge in [-0.2, -0.15) is 0 Å². The third-order valence-corrected chi connectivity index (χ3v) is 4.13. The van der Waals surface area contributed by atoms with E-state index < -0.39 is 17.7 Å². The molecule has 0 aliphatic rings. The highest BCUT2D eigenvalue weighted by atomic mass is 16.5. The molecular formula is C19H16O6. The first-order valence-corrected chi connectivity index (χ1v) is 7.52. The Hall–Kier alpha value is -3.28. The molecule has 0 heterocycles. The first kappa shape index (κ1) is 16.6. The summed E-state index contributed by atoms with van der Waals surface area (Å²) < 4.78 is 9.36. The molecule has 0 spiro atoms. The summed E-state index contributed by atoms with van der Waals surface area (Å²) in [5.41, 5.74) is 0.101. The van der Waals surface area contributed by atoms with Gasteiger partial charge in [-0.1, -0.05) is 24.3 Å². The largest absolute Gasteiger partial charge is 0.507 e. The van der Waals surface area contributed by atoms with Crippen LogP contribution in [0.25, 0.3) is 21.5 Å². The molecule has 0 radical (unpaired) electrons. The van der Waals surface area contributed by atoms with Crippen LogP contribution in [0.3, 0.4) is 0 Å². The SMILES string of the molecule is COC(=O)Cc1cc2cc3ccccc3c(O)c2c(O)c1C(=O)OC. The van der Waals surface area contributed by atoms with Crippen LogP contribution in [0.4, 0.5) is 0 Å². The molecule has 0 fully saturated rings. The number of rotatable bonds is 3. The quantitative estimate of drug-likeness (QED) is 0.562. The topological polar surface area (TPSA) is 93.1 Å². The molecule has 6 nitrogen and oxygen atoms in total. The minimum Gasteiger partial charge on any atom is -0.507 e. The summed E-state index contributed by atoms with van der Waals surface area (Å²) in [5.74, 6) is -1.92. The van der Waals surface area contributed by atoms with Gasteiger partial charge in [-0.05, 0) is 28.5 Å². The van der Waals surface area contributed by atoms with Gasteiger partial charge in [0.25, 0.3) is 0 Å². The maximum Gasteiger partial charge on any atom is 0.341 e. The number of ether oxygens (including phenoxy) is 2. The van der Waals surface area contributed by atoms with E-state index >= 15 is 0 Å². The number of carbonyl (C=O) groups is 2. The molecule has 0 amide bonds. The molecule has 0 saturated carbocycles. The number of hydrogen-bond donors (Lipinski definition) is 2. The molecule has 0 aromatic heterocycles. The lowest BCUT2D eigenvalue weighted by Crippen LogP contribution is -2.12. The summed E-state index contributed by atoms with van der Waals surface area (Å²) in [7, 11) is 2.41. The molecule has 0 aliphatic carbocycles. The van der Waals surface area contributed by atoms with Crippen LogP contribution in [0.15, 0.2) is 36.4 Å². The van der Waals surface area contributed by atoms with Crippen molar-refractivity contribution >= 4 is 33.5 Å². The molecule has 6 heteroatoms. The summed E-state index contributed by atoms with van der Waals surface area (Å²) in [6.45, 7) is 0. The molecule has 0 saturated heterocycles. The van der Waals surface area contributed by atoms with Crippen molar-refractivity contribution in [3.05, 3.63) is 47.5 Å². The summed E-state index contributed by atoms with van der Waals surface area (Å²) in [6, 6.07) is 10.5. The molecule has 3 rings (SSSR count). The first-order valence-electron chi connectivity index (χ1n) is 7.52. The van der Waals surface area contributed by atoms with E-state index in [0.717, 1.165) is 5.39 Å². The second-order valence-corrected chi connectivity index (χ2v) is 5.55. The van der Waals surface area contributed by atoms with E-state index in [-0.39, 0.29) is 28.7 Å². The van der Waals surface area contributed by atoms with Crippen LogP contribution in [0.2, 0.25) is 0 Å². The number of phenols is 2. The van der Waals surface area contributed by atoms with Crippen molar-refractivity contribution in [2.24, 2.45) is 0 Å². The minimum absolute atomic E-state index is 0.132. The molecule has 0 unspecified atom stereocenters. The molecule has 128 valence electrons. The lowest BCUT2D eigenvalue weighted by molar-refractivity contribution is -0.139. The zero-order valence-corrected chi connectivity index (χ0v) is 13.7. The highest BCUT2D eigenvalue weighted by molar-refractivity contribution is 6.12. The van der Waals surface area contributed by atoms with Crippen molar-refractivity contribution in [1.82, 2.24) is 0 Å². The lowest BCUT2D eigenvalue weighted by atomic mass is 9.94. The summed E-state index contributed by atoms with van der Waals surface area (Å²) in [4.78, 5) is 23.8. The molecule has 0 bridgehead atoms. The number of fused-ring (bicyclic) bond motifs is 2.